The number of nitrogens with two attached hydrogens (primary N) is 1. The molecule has 3 aliphatic carbocycles. The van der Waals surface area contributed by atoms with Gasteiger partial charge >= 0.3 is 0 Å². The van der Waals surface area contributed by atoms with E-state index in [4.69, 9.17) is 27.1 Å². The summed E-state index contributed by atoms with van der Waals surface area (Å²) in [6, 6.07) is 9.29. The molecule has 8 rings (SSSR count). The van der Waals surface area contributed by atoms with Gasteiger partial charge in [0.25, 0.3) is 0 Å². The van der Waals surface area contributed by atoms with Crippen molar-refractivity contribution in [1.29, 1.82) is 0 Å². The molecule has 2 fully saturated rings. The number of hydrogen-bond donors (Lipinski definition) is 3. The van der Waals surface area contributed by atoms with Gasteiger partial charge in [0, 0.05) is 46.2 Å². The number of nitrogens with zero attached hydrogens (tertiary/aromatic N) is 2. The van der Waals surface area contributed by atoms with E-state index in [2.05, 4.69) is 4.90 Å². The second-order valence-corrected chi connectivity index (χ2v) is 11.4. The standard InChI is InChI=1S/C27H26ClN3O3/c28-15-4-5-18-16(10-15)22(29)17-11-27(33)20-9-14-3-6-19(32)24-21(14)26(27,25(34-24)23(17)30-18)7-8-31(20)12-13-1-2-13/h3-6,10,13,20,25,32-33H,1-2,7-9,11-12H2,(H2,29,30)/t20-,25+,26+,27-/m1/s1. The molecule has 3 heterocycles. The van der Waals surface area contributed by atoms with Gasteiger partial charge in [-0.1, -0.05) is 17.7 Å². The second kappa shape index (κ2) is 6.17. The number of rotatable bonds is 2. The fourth-order valence-corrected chi connectivity index (χ4v) is 7.82. The van der Waals surface area contributed by atoms with E-state index in [1.54, 1.807) is 6.07 Å². The molecule has 0 unspecified atom stereocenters. The average molecular weight is 476 g/mol. The van der Waals surface area contributed by atoms with Crippen LogP contribution in [-0.4, -0.2) is 44.8 Å². The Morgan fingerprint density at radius 2 is 2.09 bits per heavy atom. The quantitative estimate of drug-likeness (QED) is 0.521. The monoisotopic (exact) mass is 475 g/mol. The number of ether oxygens (including phenoxy) is 1. The van der Waals surface area contributed by atoms with Crippen LogP contribution < -0.4 is 10.5 Å². The van der Waals surface area contributed by atoms with E-state index in [-0.39, 0.29) is 11.8 Å². The fraction of sp³-hybridized carbons (Fsp3) is 0.444. The van der Waals surface area contributed by atoms with Crippen LogP contribution in [0.1, 0.15) is 47.8 Å². The van der Waals surface area contributed by atoms with Crippen LogP contribution in [0.5, 0.6) is 11.5 Å². The smallest absolute Gasteiger partial charge is 0.166 e. The molecule has 1 aromatic heterocycles. The summed E-state index contributed by atoms with van der Waals surface area (Å²) >= 11 is 6.29. The number of aromatic nitrogens is 1. The van der Waals surface area contributed by atoms with Crippen LogP contribution in [0.2, 0.25) is 5.02 Å². The molecule has 0 radical (unpaired) electrons. The first-order chi connectivity index (χ1) is 16.4. The van der Waals surface area contributed by atoms with Gasteiger partial charge in [-0.15, -0.1) is 0 Å². The van der Waals surface area contributed by atoms with Crippen molar-refractivity contribution in [2.24, 2.45) is 5.92 Å². The number of aliphatic hydroxyl groups is 1. The van der Waals surface area contributed by atoms with Gasteiger partial charge in [-0.2, -0.15) is 0 Å². The topological polar surface area (TPSA) is 91.8 Å². The van der Waals surface area contributed by atoms with Gasteiger partial charge in [-0.3, -0.25) is 4.90 Å². The Bertz CT molecular complexity index is 1420. The maximum Gasteiger partial charge on any atom is 0.166 e. The first-order valence-electron chi connectivity index (χ1n) is 12.3. The number of pyridine rings is 1. The van der Waals surface area contributed by atoms with E-state index in [9.17, 15) is 10.2 Å². The van der Waals surface area contributed by atoms with E-state index >= 15 is 0 Å². The summed E-state index contributed by atoms with van der Waals surface area (Å²) in [6.07, 6.45) is 3.99. The lowest BCUT2D eigenvalue weighted by atomic mass is 9.48. The highest BCUT2D eigenvalue weighted by atomic mass is 35.5. The molecule has 5 aliphatic rings. The van der Waals surface area contributed by atoms with Crippen molar-refractivity contribution in [1.82, 2.24) is 9.88 Å². The number of benzene rings is 2. The van der Waals surface area contributed by atoms with Gasteiger partial charge in [0.1, 0.15) is 0 Å². The Morgan fingerprint density at radius 3 is 2.91 bits per heavy atom. The van der Waals surface area contributed by atoms with Crippen molar-refractivity contribution < 1.29 is 14.9 Å². The molecule has 4 N–H and O–H groups in total. The molecular formula is C27H26ClN3O3. The highest BCUT2D eigenvalue weighted by molar-refractivity contribution is 6.31. The maximum atomic E-state index is 12.8. The Morgan fingerprint density at radius 1 is 1.24 bits per heavy atom. The number of anilines is 1. The molecule has 0 amide bonds. The molecule has 34 heavy (non-hydrogen) atoms. The zero-order valence-electron chi connectivity index (χ0n) is 18.7. The molecular weight excluding hydrogens is 450 g/mol. The molecule has 2 bridgehead atoms. The molecule has 4 atom stereocenters. The lowest BCUT2D eigenvalue weighted by molar-refractivity contribution is -0.173. The molecule has 1 saturated heterocycles. The summed E-state index contributed by atoms with van der Waals surface area (Å²) in [7, 11) is 0. The van der Waals surface area contributed by atoms with Crippen LogP contribution in [0.4, 0.5) is 5.69 Å². The van der Waals surface area contributed by atoms with Crippen LogP contribution in [0.15, 0.2) is 30.3 Å². The van der Waals surface area contributed by atoms with Crippen LogP contribution in [0.3, 0.4) is 0 Å². The zero-order valence-corrected chi connectivity index (χ0v) is 19.5. The third-order valence-electron chi connectivity index (χ3n) is 9.33. The summed E-state index contributed by atoms with van der Waals surface area (Å²) in [4.78, 5) is 7.56. The van der Waals surface area contributed by atoms with Crippen LogP contribution in [0.25, 0.3) is 10.9 Å². The van der Waals surface area contributed by atoms with Crippen molar-refractivity contribution in [3.63, 3.8) is 0 Å². The molecule has 6 nitrogen and oxygen atoms in total. The number of phenols is 1. The highest BCUT2D eigenvalue weighted by Crippen LogP contribution is 2.69. The van der Waals surface area contributed by atoms with Crippen molar-refractivity contribution in [3.8, 4) is 11.5 Å². The van der Waals surface area contributed by atoms with Crippen LogP contribution in [-0.2, 0) is 18.3 Å². The molecule has 2 aliphatic heterocycles. The third-order valence-corrected chi connectivity index (χ3v) is 9.57. The molecule has 174 valence electrons. The minimum absolute atomic E-state index is 0.0291. The highest BCUT2D eigenvalue weighted by Gasteiger charge is 2.73. The largest absolute Gasteiger partial charge is 0.504 e. The average Bonchev–Trinajstić information content (AvgIpc) is 3.55. The number of nitrogen functional groups attached to an aromatic ring is 1. The predicted octanol–water partition coefficient (Wildman–Crippen LogP) is 3.88. The van der Waals surface area contributed by atoms with Crippen LogP contribution >= 0.6 is 11.6 Å². The number of hydrogen-bond acceptors (Lipinski definition) is 6. The summed E-state index contributed by atoms with van der Waals surface area (Å²) in [5.74, 6) is 1.38. The zero-order chi connectivity index (χ0) is 23.0. The number of piperidine rings is 1. The Labute approximate surface area is 202 Å². The lowest BCUT2D eigenvalue weighted by Gasteiger charge is -2.63. The first-order valence-corrected chi connectivity index (χ1v) is 12.6. The van der Waals surface area contributed by atoms with Gasteiger partial charge in [-0.05, 0) is 68.0 Å². The normalized spacial score (nSPS) is 32.9. The number of likely N-dealkylation sites (tertiary alicyclic amines) is 1. The van der Waals surface area contributed by atoms with Gasteiger partial charge in [0.2, 0.25) is 0 Å². The number of phenolic OH excluding ortho intramolecular Hbond substituents is 1. The fourth-order valence-electron chi connectivity index (χ4n) is 7.64. The molecule has 1 spiro atoms. The van der Waals surface area contributed by atoms with E-state index in [0.717, 1.165) is 59.6 Å². The Hall–Kier alpha value is -2.54. The minimum atomic E-state index is -1.06. The summed E-state index contributed by atoms with van der Waals surface area (Å²) in [5, 5.41) is 25.0. The Balaban J connectivity index is 1.42. The minimum Gasteiger partial charge on any atom is -0.504 e. The molecule has 1 saturated carbocycles. The Kier molecular flexibility index (Phi) is 3.58. The summed E-state index contributed by atoms with van der Waals surface area (Å²) < 4.78 is 6.58. The van der Waals surface area contributed by atoms with E-state index in [1.807, 2.05) is 24.3 Å². The maximum absolute atomic E-state index is 12.8. The van der Waals surface area contributed by atoms with Crippen molar-refractivity contribution in [2.45, 2.75) is 55.3 Å². The van der Waals surface area contributed by atoms with Crippen molar-refractivity contribution in [2.75, 3.05) is 18.8 Å². The molecule has 7 heteroatoms. The second-order valence-electron chi connectivity index (χ2n) is 11.0. The number of aromatic hydroxyl groups is 1. The molecule has 3 aromatic rings. The van der Waals surface area contributed by atoms with E-state index in [1.165, 1.54) is 18.4 Å². The van der Waals surface area contributed by atoms with Crippen molar-refractivity contribution in [3.05, 3.63) is 57.7 Å². The predicted molar refractivity (Wildman–Crippen MR) is 129 cm³/mol. The first kappa shape index (κ1) is 19.7. The SMILES string of the molecule is Nc1c2c(nc3ccc(Cl)cc13)[C@@H]1Oc3c(O)ccc4c3[C@@]13CCN(CC1CC1)[C@H](C4)[C@]3(O)C2. The van der Waals surface area contributed by atoms with E-state index < -0.39 is 17.1 Å². The summed E-state index contributed by atoms with van der Waals surface area (Å²) in [6.45, 7) is 1.94. The van der Waals surface area contributed by atoms with Crippen LogP contribution in [0, 0.1) is 5.92 Å². The van der Waals surface area contributed by atoms with E-state index in [0.29, 0.717) is 22.9 Å². The number of halogens is 1. The third kappa shape index (κ3) is 2.19. The van der Waals surface area contributed by atoms with Crippen molar-refractivity contribution >= 4 is 28.2 Å². The van der Waals surface area contributed by atoms with Gasteiger partial charge in [-0.25, -0.2) is 4.98 Å². The van der Waals surface area contributed by atoms with Gasteiger partial charge in [0.15, 0.2) is 17.6 Å². The molecule has 2 aromatic carbocycles. The lowest BCUT2D eigenvalue weighted by Crippen LogP contribution is -2.74. The van der Waals surface area contributed by atoms with Gasteiger partial charge in [0.05, 0.1) is 22.2 Å². The van der Waals surface area contributed by atoms with Gasteiger partial charge < -0.3 is 20.7 Å². The summed E-state index contributed by atoms with van der Waals surface area (Å²) in [5.41, 5.74) is 10.2. The number of fused-ring (bicyclic) bond motifs is 3.